The Labute approximate surface area is 177 Å². The summed E-state index contributed by atoms with van der Waals surface area (Å²) in [5.41, 5.74) is 0.747. The summed E-state index contributed by atoms with van der Waals surface area (Å²) in [6.45, 7) is -0.0607. The van der Waals surface area contributed by atoms with Crippen LogP contribution in [0.15, 0.2) is 72.8 Å². The molecule has 0 fully saturated rings. The molecule has 0 aliphatic heterocycles. The lowest BCUT2D eigenvalue weighted by atomic mass is 10.1. The number of allylic oxidation sites excluding steroid dienone is 1. The number of carbonyl (C=O) groups excluding carboxylic acids is 1. The Hall–Kier alpha value is -3.74. The van der Waals surface area contributed by atoms with Crippen LogP contribution in [-0.4, -0.2) is 18.0 Å². The normalized spacial score (nSPS) is 11.5. The fraction of sp³-hybridized carbons (Fsp3) is 0.125. The van der Waals surface area contributed by atoms with Gasteiger partial charge in [0.1, 0.15) is 12.4 Å². The molecule has 0 aromatic heterocycles. The van der Waals surface area contributed by atoms with E-state index in [1.165, 1.54) is 43.5 Å². The zero-order valence-corrected chi connectivity index (χ0v) is 16.5. The van der Waals surface area contributed by atoms with Crippen LogP contribution in [0.4, 0.5) is 13.2 Å². The van der Waals surface area contributed by atoms with Gasteiger partial charge in [-0.15, -0.1) is 0 Å². The summed E-state index contributed by atoms with van der Waals surface area (Å²) in [6, 6.07) is 15.8. The zero-order valence-electron chi connectivity index (χ0n) is 16.5. The van der Waals surface area contributed by atoms with Crippen LogP contribution in [0.3, 0.4) is 0 Å². The number of alkyl halides is 3. The van der Waals surface area contributed by atoms with Crippen molar-refractivity contribution in [3.05, 3.63) is 95.1 Å². The summed E-state index contributed by atoms with van der Waals surface area (Å²) >= 11 is 0. The minimum atomic E-state index is -4.42. The van der Waals surface area contributed by atoms with Gasteiger partial charge >= 0.3 is 6.18 Å². The largest absolute Gasteiger partial charge is 0.508 e. The van der Waals surface area contributed by atoms with Crippen molar-refractivity contribution in [2.75, 3.05) is 7.11 Å². The number of hydrogen-bond donors (Lipinski definition) is 1. The first kappa shape index (κ1) is 22.0. The van der Waals surface area contributed by atoms with Crippen molar-refractivity contribution in [1.29, 1.82) is 0 Å². The van der Waals surface area contributed by atoms with Gasteiger partial charge in [-0.3, -0.25) is 4.79 Å². The van der Waals surface area contributed by atoms with E-state index < -0.39 is 11.7 Å². The van der Waals surface area contributed by atoms with Crippen molar-refractivity contribution < 1.29 is 32.5 Å². The molecule has 0 saturated heterocycles. The average Bonchev–Trinajstić information content (AvgIpc) is 2.76. The van der Waals surface area contributed by atoms with Gasteiger partial charge in [-0.2, -0.15) is 13.2 Å². The second-order valence-electron chi connectivity index (χ2n) is 6.64. The van der Waals surface area contributed by atoms with E-state index in [2.05, 4.69) is 0 Å². The van der Waals surface area contributed by atoms with Crippen LogP contribution in [0, 0.1) is 0 Å². The van der Waals surface area contributed by atoms with Crippen LogP contribution in [0.5, 0.6) is 17.2 Å². The maximum atomic E-state index is 12.8. The Morgan fingerprint density at radius 3 is 2.42 bits per heavy atom. The second-order valence-corrected chi connectivity index (χ2v) is 6.64. The quantitative estimate of drug-likeness (QED) is 0.376. The van der Waals surface area contributed by atoms with Gasteiger partial charge in [-0.05, 0) is 65.7 Å². The first-order valence-electron chi connectivity index (χ1n) is 9.24. The number of phenolic OH excluding ortho intramolecular Hbond substituents is 1. The first-order chi connectivity index (χ1) is 14.8. The third-order valence-electron chi connectivity index (χ3n) is 4.42. The molecule has 31 heavy (non-hydrogen) atoms. The highest BCUT2D eigenvalue weighted by Crippen LogP contribution is 2.31. The van der Waals surface area contributed by atoms with Crippen LogP contribution in [-0.2, 0) is 12.8 Å². The highest BCUT2D eigenvalue weighted by atomic mass is 19.4. The molecule has 0 saturated carbocycles. The van der Waals surface area contributed by atoms with E-state index in [1.807, 2.05) is 0 Å². The summed E-state index contributed by atoms with van der Waals surface area (Å²) in [4.78, 5) is 12.2. The SMILES string of the molecule is COc1cc(/C=C/C(=O)c2ccc(O)cc2)ccc1OCc1cccc(C(F)(F)F)c1. The maximum absolute atomic E-state index is 12.8. The molecule has 3 aromatic carbocycles. The van der Waals surface area contributed by atoms with E-state index in [4.69, 9.17) is 9.47 Å². The monoisotopic (exact) mass is 428 g/mol. The number of benzene rings is 3. The van der Waals surface area contributed by atoms with Gasteiger partial charge in [-0.1, -0.05) is 24.3 Å². The van der Waals surface area contributed by atoms with Crippen LogP contribution in [0.1, 0.15) is 27.0 Å². The number of methoxy groups -OCH3 is 1. The molecular weight excluding hydrogens is 409 g/mol. The highest BCUT2D eigenvalue weighted by molar-refractivity contribution is 6.06. The van der Waals surface area contributed by atoms with Crippen LogP contribution in [0.25, 0.3) is 6.08 Å². The number of rotatable bonds is 7. The molecule has 4 nitrogen and oxygen atoms in total. The molecule has 3 rings (SSSR count). The van der Waals surface area contributed by atoms with Crippen molar-refractivity contribution in [1.82, 2.24) is 0 Å². The van der Waals surface area contributed by atoms with Gasteiger partial charge in [0.05, 0.1) is 12.7 Å². The molecule has 0 aliphatic carbocycles. The minimum absolute atomic E-state index is 0.0607. The fourth-order valence-electron chi connectivity index (χ4n) is 2.80. The standard InChI is InChI=1S/C24H19F3O4/c1-30-23-14-16(5-11-21(29)18-7-9-20(28)10-8-18)6-12-22(23)31-15-17-3-2-4-19(13-17)24(25,26)27/h2-14,28H,15H2,1H3/b11-5+. The molecule has 0 atom stereocenters. The maximum Gasteiger partial charge on any atom is 0.416 e. The Morgan fingerprint density at radius 2 is 1.74 bits per heavy atom. The second kappa shape index (κ2) is 9.38. The zero-order chi connectivity index (χ0) is 22.4. The number of halogens is 3. The van der Waals surface area contributed by atoms with Gasteiger partial charge in [-0.25, -0.2) is 0 Å². The number of ether oxygens (including phenoxy) is 2. The van der Waals surface area contributed by atoms with E-state index >= 15 is 0 Å². The molecule has 0 spiro atoms. The molecule has 0 heterocycles. The lowest BCUT2D eigenvalue weighted by Crippen LogP contribution is -2.06. The number of carbonyl (C=O) groups is 1. The summed E-state index contributed by atoms with van der Waals surface area (Å²) in [6.07, 6.45) is -1.42. The summed E-state index contributed by atoms with van der Waals surface area (Å²) in [5, 5.41) is 9.29. The lowest BCUT2D eigenvalue weighted by Gasteiger charge is -2.13. The van der Waals surface area contributed by atoms with Crippen LogP contribution < -0.4 is 9.47 Å². The molecule has 160 valence electrons. The van der Waals surface area contributed by atoms with E-state index in [0.717, 1.165) is 12.1 Å². The topological polar surface area (TPSA) is 55.8 Å². The predicted molar refractivity (Wildman–Crippen MR) is 110 cm³/mol. The predicted octanol–water partition coefficient (Wildman–Crippen LogP) is 5.89. The molecule has 0 bridgehead atoms. The van der Waals surface area contributed by atoms with Crippen molar-refractivity contribution in [2.24, 2.45) is 0 Å². The Balaban J connectivity index is 1.70. The number of hydrogen-bond acceptors (Lipinski definition) is 4. The van der Waals surface area contributed by atoms with E-state index in [1.54, 1.807) is 30.3 Å². The summed E-state index contributed by atoms with van der Waals surface area (Å²) in [7, 11) is 1.45. The molecule has 7 heteroatoms. The van der Waals surface area contributed by atoms with E-state index in [9.17, 15) is 23.1 Å². The smallest absolute Gasteiger partial charge is 0.416 e. The van der Waals surface area contributed by atoms with Gasteiger partial charge in [0.2, 0.25) is 0 Å². The third kappa shape index (κ3) is 5.88. The van der Waals surface area contributed by atoms with Gasteiger partial charge in [0, 0.05) is 5.56 Å². The molecule has 3 aromatic rings. The molecule has 0 unspecified atom stereocenters. The minimum Gasteiger partial charge on any atom is -0.508 e. The van der Waals surface area contributed by atoms with Gasteiger partial charge < -0.3 is 14.6 Å². The number of aromatic hydroxyl groups is 1. The van der Waals surface area contributed by atoms with E-state index in [-0.39, 0.29) is 18.1 Å². The summed E-state index contributed by atoms with van der Waals surface area (Å²) < 4.78 is 49.5. The highest BCUT2D eigenvalue weighted by Gasteiger charge is 2.30. The Morgan fingerprint density at radius 1 is 1.00 bits per heavy atom. The Bertz CT molecular complexity index is 1090. The van der Waals surface area contributed by atoms with Gasteiger partial charge in [0.15, 0.2) is 17.3 Å². The molecule has 0 radical (unpaired) electrons. The number of ketones is 1. The van der Waals surface area contributed by atoms with Crippen molar-refractivity contribution >= 4 is 11.9 Å². The number of phenols is 1. The van der Waals surface area contributed by atoms with E-state index in [0.29, 0.717) is 28.2 Å². The fourth-order valence-corrected chi connectivity index (χ4v) is 2.80. The molecule has 0 aliphatic rings. The molecule has 1 N–H and O–H groups in total. The molecule has 0 amide bonds. The van der Waals surface area contributed by atoms with Crippen molar-refractivity contribution in [2.45, 2.75) is 12.8 Å². The third-order valence-corrected chi connectivity index (χ3v) is 4.42. The first-order valence-corrected chi connectivity index (χ1v) is 9.24. The Kier molecular flexibility index (Phi) is 6.65. The van der Waals surface area contributed by atoms with Crippen LogP contribution >= 0.6 is 0 Å². The molecular formula is C24H19F3O4. The summed E-state index contributed by atoms with van der Waals surface area (Å²) in [5.74, 6) is 0.586. The van der Waals surface area contributed by atoms with Gasteiger partial charge in [0.25, 0.3) is 0 Å². The average molecular weight is 428 g/mol. The van der Waals surface area contributed by atoms with Crippen molar-refractivity contribution in [3.63, 3.8) is 0 Å². The van der Waals surface area contributed by atoms with Crippen LogP contribution in [0.2, 0.25) is 0 Å². The lowest BCUT2D eigenvalue weighted by molar-refractivity contribution is -0.137. The van der Waals surface area contributed by atoms with Crippen molar-refractivity contribution in [3.8, 4) is 17.2 Å².